The Bertz CT molecular complexity index is 589. The van der Waals surface area contributed by atoms with Gasteiger partial charge in [0.25, 0.3) is 0 Å². The van der Waals surface area contributed by atoms with Crippen molar-refractivity contribution in [3.8, 4) is 5.69 Å². The van der Waals surface area contributed by atoms with Gasteiger partial charge in [0.2, 0.25) is 0 Å². The van der Waals surface area contributed by atoms with Crippen LogP contribution in [0.5, 0.6) is 0 Å². The fraction of sp³-hybridized carbons (Fsp3) is 0.133. The standard InChI is InChI=1S/C15H15NO2/c1-11-7-8-12(2)16(11)14-6-4-3-5-13(14)9-10-15(17)18/h3-10H,1-2H3,(H,17,18)/b10-9+. The van der Waals surface area contributed by atoms with Crippen LogP contribution in [0.3, 0.4) is 0 Å². The quantitative estimate of drug-likeness (QED) is 0.838. The van der Waals surface area contributed by atoms with E-state index in [2.05, 4.69) is 4.57 Å². The highest BCUT2D eigenvalue weighted by molar-refractivity contribution is 5.86. The summed E-state index contributed by atoms with van der Waals surface area (Å²) in [5, 5.41) is 8.71. The molecule has 0 bridgehead atoms. The minimum Gasteiger partial charge on any atom is -0.478 e. The van der Waals surface area contributed by atoms with Gasteiger partial charge in [-0.3, -0.25) is 0 Å². The number of aliphatic carboxylic acids is 1. The molecule has 1 aromatic carbocycles. The van der Waals surface area contributed by atoms with Crippen molar-refractivity contribution in [2.24, 2.45) is 0 Å². The number of rotatable bonds is 3. The smallest absolute Gasteiger partial charge is 0.328 e. The van der Waals surface area contributed by atoms with E-state index < -0.39 is 5.97 Å². The summed E-state index contributed by atoms with van der Waals surface area (Å²) in [7, 11) is 0. The molecule has 0 saturated carbocycles. The molecule has 2 rings (SSSR count). The summed E-state index contributed by atoms with van der Waals surface area (Å²) in [6, 6.07) is 11.8. The van der Waals surface area contributed by atoms with Crippen molar-refractivity contribution in [2.75, 3.05) is 0 Å². The van der Waals surface area contributed by atoms with Crippen LogP contribution < -0.4 is 0 Å². The van der Waals surface area contributed by atoms with Crippen molar-refractivity contribution in [3.05, 3.63) is 59.4 Å². The Morgan fingerprint density at radius 2 is 1.72 bits per heavy atom. The van der Waals surface area contributed by atoms with Crippen LogP contribution in [0.25, 0.3) is 11.8 Å². The molecule has 0 radical (unpaired) electrons. The first kappa shape index (κ1) is 12.2. The lowest BCUT2D eigenvalue weighted by Gasteiger charge is -2.12. The highest BCUT2D eigenvalue weighted by atomic mass is 16.4. The molecule has 1 aromatic heterocycles. The third-order valence-electron chi connectivity index (χ3n) is 2.85. The van der Waals surface area contributed by atoms with Crippen molar-refractivity contribution in [3.63, 3.8) is 0 Å². The monoisotopic (exact) mass is 241 g/mol. The maximum Gasteiger partial charge on any atom is 0.328 e. The van der Waals surface area contributed by atoms with Crippen LogP contribution in [0, 0.1) is 13.8 Å². The highest BCUT2D eigenvalue weighted by Gasteiger charge is 2.06. The Labute approximate surface area is 106 Å². The van der Waals surface area contributed by atoms with Gasteiger partial charge in [-0.15, -0.1) is 0 Å². The molecule has 0 fully saturated rings. The summed E-state index contributed by atoms with van der Waals surface area (Å²) in [4.78, 5) is 10.6. The molecule has 0 amide bonds. The van der Waals surface area contributed by atoms with Crippen LogP contribution in [-0.4, -0.2) is 15.6 Å². The van der Waals surface area contributed by atoms with Crippen LogP contribution in [0.2, 0.25) is 0 Å². The molecule has 92 valence electrons. The van der Waals surface area contributed by atoms with Gasteiger partial charge in [-0.05, 0) is 43.7 Å². The Balaban J connectivity index is 2.55. The molecule has 3 nitrogen and oxygen atoms in total. The zero-order valence-electron chi connectivity index (χ0n) is 10.4. The highest BCUT2D eigenvalue weighted by Crippen LogP contribution is 2.21. The van der Waals surface area contributed by atoms with Crippen LogP contribution >= 0.6 is 0 Å². The maximum atomic E-state index is 10.6. The van der Waals surface area contributed by atoms with E-state index >= 15 is 0 Å². The summed E-state index contributed by atoms with van der Waals surface area (Å²) >= 11 is 0. The van der Waals surface area contributed by atoms with Gasteiger partial charge in [0, 0.05) is 17.5 Å². The molecule has 0 spiro atoms. The first-order valence-corrected chi connectivity index (χ1v) is 5.75. The van der Waals surface area contributed by atoms with E-state index in [0.29, 0.717) is 0 Å². The maximum absolute atomic E-state index is 10.6. The predicted molar refractivity (Wildman–Crippen MR) is 71.9 cm³/mol. The number of carboxylic acid groups (broad SMARTS) is 1. The second-order valence-corrected chi connectivity index (χ2v) is 4.18. The summed E-state index contributed by atoms with van der Waals surface area (Å²) in [5.41, 5.74) is 4.14. The zero-order valence-corrected chi connectivity index (χ0v) is 10.4. The van der Waals surface area contributed by atoms with Crippen molar-refractivity contribution in [2.45, 2.75) is 13.8 Å². The number of carbonyl (C=O) groups is 1. The number of hydrogen-bond acceptors (Lipinski definition) is 1. The summed E-state index contributed by atoms with van der Waals surface area (Å²) < 4.78 is 2.11. The second kappa shape index (κ2) is 4.92. The lowest BCUT2D eigenvalue weighted by Crippen LogP contribution is -2.01. The SMILES string of the molecule is Cc1ccc(C)n1-c1ccccc1/C=C/C(=O)O. The van der Waals surface area contributed by atoms with E-state index in [-0.39, 0.29) is 0 Å². The Kier molecular flexibility index (Phi) is 3.33. The van der Waals surface area contributed by atoms with Crippen molar-refractivity contribution >= 4 is 12.0 Å². The molecule has 1 heterocycles. The van der Waals surface area contributed by atoms with E-state index in [4.69, 9.17) is 5.11 Å². The van der Waals surface area contributed by atoms with E-state index in [0.717, 1.165) is 28.7 Å². The van der Waals surface area contributed by atoms with E-state index in [1.807, 2.05) is 50.2 Å². The molecule has 0 unspecified atom stereocenters. The Hall–Kier alpha value is -2.29. The number of aromatic nitrogens is 1. The summed E-state index contributed by atoms with van der Waals surface area (Å²) in [6.07, 6.45) is 2.78. The number of carboxylic acids is 1. The molecule has 0 saturated heterocycles. The number of hydrogen-bond donors (Lipinski definition) is 1. The van der Waals surface area contributed by atoms with Gasteiger partial charge < -0.3 is 9.67 Å². The van der Waals surface area contributed by atoms with E-state index in [9.17, 15) is 4.79 Å². The molecule has 0 atom stereocenters. The van der Waals surface area contributed by atoms with Gasteiger partial charge >= 0.3 is 5.97 Å². The van der Waals surface area contributed by atoms with Gasteiger partial charge in [-0.1, -0.05) is 18.2 Å². The topological polar surface area (TPSA) is 42.2 Å². The van der Waals surface area contributed by atoms with Crippen LogP contribution in [0.1, 0.15) is 17.0 Å². The fourth-order valence-electron chi connectivity index (χ4n) is 2.04. The normalized spacial score (nSPS) is 11.0. The predicted octanol–water partition coefficient (Wildman–Crippen LogP) is 3.19. The van der Waals surface area contributed by atoms with Crippen molar-refractivity contribution < 1.29 is 9.90 Å². The molecule has 18 heavy (non-hydrogen) atoms. The van der Waals surface area contributed by atoms with Crippen LogP contribution in [0.4, 0.5) is 0 Å². The third kappa shape index (κ3) is 2.35. The summed E-state index contributed by atoms with van der Waals surface area (Å²) in [6.45, 7) is 4.06. The summed E-state index contributed by atoms with van der Waals surface area (Å²) in [5.74, 6) is -0.939. The fourth-order valence-corrected chi connectivity index (χ4v) is 2.04. The molecular weight excluding hydrogens is 226 g/mol. The number of aryl methyl sites for hydroxylation is 2. The number of benzene rings is 1. The largest absolute Gasteiger partial charge is 0.478 e. The number of nitrogens with zero attached hydrogens (tertiary/aromatic N) is 1. The average Bonchev–Trinajstić information content (AvgIpc) is 2.67. The second-order valence-electron chi connectivity index (χ2n) is 4.18. The molecule has 0 aliphatic carbocycles. The Morgan fingerprint density at radius 1 is 1.11 bits per heavy atom. The zero-order chi connectivity index (χ0) is 13.1. The first-order chi connectivity index (χ1) is 8.59. The Morgan fingerprint density at radius 3 is 2.33 bits per heavy atom. The van der Waals surface area contributed by atoms with Gasteiger partial charge in [0.05, 0.1) is 5.69 Å². The average molecular weight is 241 g/mol. The minimum absolute atomic E-state index is 0.891. The molecule has 0 aliphatic heterocycles. The third-order valence-corrected chi connectivity index (χ3v) is 2.85. The molecular formula is C15H15NO2. The number of para-hydroxylation sites is 1. The molecule has 3 heteroatoms. The van der Waals surface area contributed by atoms with Crippen LogP contribution in [0.15, 0.2) is 42.5 Å². The van der Waals surface area contributed by atoms with Crippen LogP contribution in [-0.2, 0) is 4.79 Å². The van der Waals surface area contributed by atoms with Gasteiger partial charge in [-0.2, -0.15) is 0 Å². The molecule has 2 aromatic rings. The van der Waals surface area contributed by atoms with Crippen molar-refractivity contribution in [1.29, 1.82) is 0 Å². The van der Waals surface area contributed by atoms with Gasteiger partial charge in [-0.25, -0.2) is 4.79 Å². The van der Waals surface area contributed by atoms with E-state index in [1.54, 1.807) is 6.08 Å². The minimum atomic E-state index is -0.939. The van der Waals surface area contributed by atoms with Crippen molar-refractivity contribution in [1.82, 2.24) is 4.57 Å². The molecule has 0 aliphatic rings. The van der Waals surface area contributed by atoms with E-state index in [1.165, 1.54) is 0 Å². The molecule has 1 N–H and O–H groups in total. The van der Waals surface area contributed by atoms with Gasteiger partial charge in [0.15, 0.2) is 0 Å². The lowest BCUT2D eigenvalue weighted by molar-refractivity contribution is -0.131. The lowest BCUT2D eigenvalue weighted by atomic mass is 10.1. The first-order valence-electron chi connectivity index (χ1n) is 5.75. The van der Waals surface area contributed by atoms with Gasteiger partial charge in [0.1, 0.15) is 0 Å².